The van der Waals surface area contributed by atoms with Crippen molar-refractivity contribution in [3.05, 3.63) is 89.6 Å². The van der Waals surface area contributed by atoms with E-state index in [4.69, 9.17) is 4.74 Å². The van der Waals surface area contributed by atoms with Gasteiger partial charge < -0.3 is 15.0 Å². The number of fused-ring (bicyclic) bond motifs is 1. The monoisotopic (exact) mass is 402 g/mol. The van der Waals surface area contributed by atoms with Crippen LogP contribution in [0.15, 0.2) is 82.6 Å². The SMILES string of the molecule is COc1ccc2c(Sc3ccccc3)c(C(=O)NCc3ccccc3C)[nH]c2c1. The van der Waals surface area contributed by atoms with Gasteiger partial charge in [-0.3, -0.25) is 4.79 Å². The second kappa shape index (κ2) is 8.45. The minimum Gasteiger partial charge on any atom is -0.497 e. The van der Waals surface area contributed by atoms with E-state index in [0.29, 0.717) is 12.2 Å². The van der Waals surface area contributed by atoms with E-state index in [1.807, 2.05) is 79.7 Å². The van der Waals surface area contributed by atoms with Gasteiger partial charge in [-0.15, -0.1) is 0 Å². The van der Waals surface area contributed by atoms with Gasteiger partial charge in [-0.1, -0.05) is 54.2 Å². The first-order chi connectivity index (χ1) is 14.2. The molecule has 0 fully saturated rings. The van der Waals surface area contributed by atoms with Gasteiger partial charge in [-0.05, 0) is 42.3 Å². The molecule has 5 heteroatoms. The quantitative estimate of drug-likeness (QED) is 0.443. The van der Waals surface area contributed by atoms with Gasteiger partial charge in [0, 0.05) is 22.9 Å². The number of aryl methyl sites for hydroxylation is 1. The Morgan fingerprint density at radius 2 is 1.79 bits per heavy atom. The number of amides is 1. The summed E-state index contributed by atoms with van der Waals surface area (Å²) in [6, 6.07) is 24.0. The van der Waals surface area contributed by atoms with E-state index in [-0.39, 0.29) is 5.91 Å². The molecule has 0 aliphatic carbocycles. The van der Waals surface area contributed by atoms with E-state index in [1.165, 1.54) is 0 Å². The zero-order valence-electron chi connectivity index (χ0n) is 16.4. The molecule has 1 heterocycles. The van der Waals surface area contributed by atoms with E-state index in [0.717, 1.165) is 37.6 Å². The van der Waals surface area contributed by atoms with Crippen LogP contribution in [0.1, 0.15) is 21.6 Å². The normalized spacial score (nSPS) is 10.8. The summed E-state index contributed by atoms with van der Waals surface area (Å²) in [4.78, 5) is 18.4. The fourth-order valence-corrected chi connectivity index (χ4v) is 4.29. The second-order valence-electron chi connectivity index (χ2n) is 6.76. The molecule has 4 nitrogen and oxygen atoms in total. The van der Waals surface area contributed by atoms with Crippen molar-refractivity contribution >= 4 is 28.6 Å². The molecule has 3 aromatic carbocycles. The van der Waals surface area contributed by atoms with Crippen molar-refractivity contribution in [2.75, 3.05) is 7.11 Å². The lowest BCUT2D eigenvalue weighted by molar-refractivity contribution is 0.0944. The van der Waals surface area contributed by atoms with Gasteiger partial charge in [-0.2, -0.15) is 0 Å². The second-order valence-corrected chi connectivity index (χ2v) is 7.85. The number of rotatable bonds is 6. The predicted octanol–water partition coefficient (Wildman–Crippen LogP) is 5.57. The van der Waals surface area contributed by atoms with Gasteiger partial charge in [-0.25, -0.2) is 0 Å². The molecule has 4 aromatic rings. The third-order valence-electron chi connectivity index (χ3n) is 4.85. The molecule has 4 rings (SSSR count). The van der Waals surface area contributed by atoms with Gasteiger partial charge in [0.2, 0.25) is 0 Å². The summed E-state index contributed by atoms with van der Waals surface area (Å²) in [5, 5.41) is 4.06. The number of ether oxygens (including phenoxy) is 1. The van der Waals surface area contributed by atoms with Crippen LogP contribution < -0.4 is 10.1 Å². The first kappa shape index (κ1) is 19.2. The highest BCUT2D eigenvalue weighted by Gasteiger charge is 2.19. The summed E-state index contributed by atoms with van der Waals surface area (Å²) in [6.07, 6.45) is 0. The Morgan fingerprint density at radius 1 is 1.03 bits per heavy atom. The molecule has 0 saturated carbocycles. The number of carbonyl (C=O) groups is 1. The van der Waals surface area contributed by atoms with Crippen LogP contribution in [0.25, 0.3) is 10.9 Å². The number of nitrogens with one attached hydrogen (secondary N) is 2. The lowest BCUT2D eigenvalue weighted by Crippen LogP contribution is -2.24. The van der Waals surface area contributed by atoms with Crippen LogP contribution in [-0.2, 0) is 6.54 Å². The Bertz CT molecular complexity index is 1150. The zero-order chi connectivity index (χ0) is 20.2. The van der Waals surface area contributed by atoms with Crippen molar-refractivity contribution < 1.29 is 9.53 Å². The van der Waals surface area contributed by atoms with Crippen LogP contribution in [0.4, 0.5) is 0 Å². The topological polar surface area (TPSA) is 54.1 Å². The summed E-state index contributed by atoms with van der Waals surface area (Å²) < 4.78 is 5.34. The average molecular weight is 403 g/mol. The molecule has 29 heavy (non-hydrogen) atoms. The Morgan fingerprint density at radius 3 is 2.55 bits per heavy atom. The van der Waals surface area contributed by atoms with E-state index >= 15 is 0 Å². The Kier molecular flexibility index (Phi) is 5.58. The number of methoxy groups -OCH3 is 1. The maximum atomic E-state index is 13.1. The smallest absolute Gasteiger partial charge is 0.269 e. The molecule has 0 unspecified atom stereocenters. The van der Waals surface area contributed by atoms with Gasteiger partial charge in [0.05, 0.1) is 17.5 Å². The van der Waals surface area contributed by atoms with E-state index < -0.39 is 0 Å². The molecule has 0 aliphatic rings. The molecule has 0 aliphatic heterocycles. The van der Waals surface area contributed by atoms with Gasteiger partial charge in [0.1, 0.15) is 11.4 Å². The van der Waals surface area contributed by atoms with Crippen molar-refractivity contribution in [2.45, 2.75) is 23.3 Å². The molecule has 146 valence electrons. The van der Waals surface area contributed by atoms with Gasteiger partial charge in [0.25, 0.3) is 5.91 Å². The Balaban J connectivity index is 1.68. The van der Waals surface area contributed by atoms with Crippen molar-refractivity contribution in [1.82, 2.24) is 10.3 Å². The molecular formula is C24H22N2O2S. The summed E-state index contributed by atoms with van der Waals surface area (Å²) in [6.45, 7) is 2.53. The van der Waals surface area contributed by atoms with Crippen LogP contribution >= 0.6 is 11.8 Å². The van der Waals surface area contributed by atoms with Crippen LogP contribution in [0.3, 0.4) is 0 Å². The highest BCUT2D eigenvalue weighted by Crippen LogP contribution is 2.37. The number of hydrogen-bond acceptors (Lipinski definition) is 3. The van der Waals surface area contributed by atoms with Crippen molar-refractivity contribution in [3.8, 4) is 5.75 Å². The first-order valence-electron chi connectivity index (χ1n) is 9.41. The minimum atomic E-state index is -0.123. The molecular weight excluding hydrogens is 380 g/mol. The van der Waals surface area contributed by atoms with Crippen molar-refractivity contribution in [3.63, 3.8) is 0 Å². The molecule has 0 spiro atoms. The molecule has 2 N–H and O–H groups in total. The van der Waals surface area contributed by atoms with Gasteiger partial charge >= 0.3 is 0 Å². The van der Waals surface area contributed by atoms with Crippen LogP contribution in [0.2, 0.25) is 0 Å². The Hall–Kier alpha value is -3.18. The number of hydrogen-bond donors (Lipinski definition) is 2. The summed E-state index contributed by atoms with van der Waals surface area (Å²) in [5.41, 5.74) is 3.71. The van der Waals surface area contributed by atoms with E-state index in [9.17, 15) is 4.79 Å². The van der Waals surface area contributed by atoms with Crippen LogP contribution in [-0.4, -0.2) is 18.0 Å². The van der Waals surface area contributed by atoms with Crippen molar-refractivity contribution in [1.29, 1.82) is 0 Å². The molecule has 0 atom stereocenters. The first-order valence-corrected chi connectivity index (χ1v) is 10.2. The maximum Gasteiger partial charge on any atom is 0.269 e. The van der Waals surface area contributed by atoms with E-state index in [1.54, 1.807) is 18.9 Å². The highest BCUT2D eigenvalue weighted by molar-refractivity contribution is 7.99. The largest absolute Gasteiger partial charge is 0.497 e. The molecule has 0 bridgehead atoms. The summed E-state index contributed by atoms with van der Waals surface area (Å²) in [7, 11) is 1.64. The standard InChI is InChI=1S/C24H22N2O2S/c1-16-8-6-7-9-17(16)15-25-24(27)22-23(29-19-10-4-3-5-11-19)20-13-12-18(28-2)14-21(20)26-22/h3-14,26H,15H2,1-2H3,(H,25,27). The number of aromatic amines is 1. The lowest BCUT2D eigenvalue weighted by Gasteiger charge is -2.09. The molecule has 0 saturated heterocycles. The Labute approximate surface area is 174 Å². The summed E-state index contributed by atoms with van der Waals surface area (Å²) >= 11 is 1.58. The highest BCUT2D eigenvalue weighted by atomic mass is 32.2. The number of aromatic nitrogens is 1. The van der Waals surface area contributed by atoms with Crippen LogP contribution in [0, 0.1) is 6.92 Å². The lowest BCUT2D eigenvalue weighted by atomic mass is 10.1. The van der Waals surface area contributed by atoms with Gasteiger partial charge in [0.15, 0.2) is 0 Å². The van der Waals surface area contributed by atoms with Crippen molar-refractivity contribution in [2.24, 2.45) is 0 Å². The number of carbonyl (C=O) groups excluding carboxylic acids is 1. The average Bonchev–Trinajstić information content (AvgIpc) is 3.11. The predicted molar refractivity (Wildman–Crippen MR) is 118 cm³/mol. The fraction of sp³-hybridized carbons (Fsp3) is 0.125. The number of benzene rings is 3. The molecule has 1 aromatic heterocycles. The fourth-order valence-electron chi connectivity index (χ4n) is 3.22. The molecule has 0 radical (unpaired) electrons. The maximum absolute atomic E-state index is 13.1. The third kappa shape index (κ3) is 4.15. The van der Waals surface area contributed by atoms with E-state index in [2.05, 4.69) is 10.3 Å². The molecule has 1 amide bonds. The number of H-pyrrole nitrogens is 1. The van der Waals surface area contributed by atoms with Crippen LogP contribution in [0.5, 0.6) is 5.75 Å². The summed E-state index contributed by atoms with van der Waals surface area (Å²) in [5.74, 6) is 0.628. The zero-order valence-corrected chi connectivity index (χ0v) is 17.2. The third-order valence-corrected chi connectivity index (χ3v) is 5.98. The minimum absolute atomic E-state index is 0.123.